The minimum absolute atomic E-state index is 0.105. The summed E-state index contributed by atoms with van der Waals surface area (Å²) in [5, 5.41) is 0. The lowest BCUT2D eigenvalue weighted by atomic mass is 10.0. The van der Waals surface area contributed by atoms with Crippen LogP contribution in [0.3, 0.4) is 0 Å². The third kappa shape index (κ3) is 8.20. The molecule has 0 spiro atoms. The molecule has 0 aromatic rings. The monoisotopic (exact) mass is 200 g/mol. The summed E-state index contributed by atoms with van der Waals surface area (Å²) in [6, 6.07) is -0.237. The Labute approximate surface area is 87.2 Å². The zero-order chi connectivity index (χ0) is 10.8. The molecule has 84 valence electrons. The Balaban J connectivity index is 3.09. The SMILES string of the molecule is CC(=O)[C@@H](N)CCCCCCCCN. The molecule has 0 aliphatic carbocycles. The lowest BCUT2D eigenvalue weighted by Gasteiger charge is -2.06. The minimum atomic E-state index is -0.237. The predicted molar refractivity (Wildman–Crippen MR) is 60.0 cm³/mol. The van der Waals surface area contributed by atoms with Crippen molar-refractivity contribution in [1.82, 2.24) is 0 Å². The Hall–Kier alpha value is -0.410. The van der Waals surface area contributed by atoms with Gasteiger partial charge in [-0.3, -0.25) is 4.79 Å². The van der Waals surface area contributed by atoms with E-state index < -0.39 is 0 Å². The zero-order valence-corrected chi connectivity index (χ0v) is 9.30. The van der Waals surface area contributed by atoms with Crippen LogP contribution in [0.1, 0.15) is 51.9 Å². The average molecular weight is 200 g/mol. The summed E-state index contributed by atoms with van der Waals surface area (Å²) >= 11 is 0. The van der Waals surface area contributed by atoms with Gasteiger partial charge >= 0.3 is 0 Å². The Morgan fingerprint density at radius 1 is 1.07 bits per heavy atom. The zero-order valence-electron chi connectivity index (χ0n) is 9.30. The van der Waals surface area contributed by atoms with Crippen molar-refractivity contribution in [3.63, 3.8) is 0 Å². The van der Waals surface area contributed by atoms with E-state index in [0.717, 1.165) is 25.8 Å². The summed E-state index contributed by atoms with van der Waals surface area (Å²) in [7, 11) is 0. The van der Waals surface area contributed by atoms with Crippen molar-refractivity contribution >= 4 is 5.78 Å². The molecular weight excluding hydrogens is 176 g/mol. The van der Waals surface area contributed by atoms with E-state index in [0.29, 0.717) is 0 Å². The first-order chi connectivity index (χ1) is 6.68. The van der Waals surface area contributed by atoms with Gasteiger partial charge in [0.1, 0.15) is 5.78 Å². The van der Waals surface area contributed by atoms with E-state index in [1.807, 2.05) is 0 Å². The molecule has 0 unspecified atom stereocenters. The maximum absolute atomic E-state index is 10.8. The minimum Gasteiger partial charge on any atom is -0.330 e. The van der Waals surface area contributed by atoms with Gasteiger partial charge in [0.25, 0.3) is 0 Å². The molecule has 1 atom stereocenters. The summed E-state index contributed by atoms with van der Waals surface area (Å²) in [5.41, 5.74) is 11.0. The first-order valence-electron chi connectivity index (χ1n) is 5.64. The van der Waals surface area contributed by atoms with Crippen molar-refractivity contribution in [3.8, 4) is 0 Å². The lowest BCUT2D eigenvalue weighted by Crippen LogP contribution is -2.27. The maximum atomic E-state index is 10.8. The molecule has 3 nitrogen and oxygen atoms in total. The van der Waals surface area contributed by atoms with Gasteiger partial charge in [0.05, 0.1) is 6.04 Å². The van der Waals surface area contributed by atoms with Crippen LogP contribution in [0.25, 0.3) is 0 Å². The fourth-order valence-electron chi connectivity index (χ4n) is 1.42. The second-order valence-corrected chi connectivity index (χ2v) is 3.92. The highest BCUT2D eigenvalue weighted by Gasteiger charge is 2.06. The van der Waals surface area contributed by atoms with E-state index in [-0.39, 0.29) is 11.8 Å². The normalized spacial score (nSPS) is 12.8. The number of rotatable bonds is 9. The van der Waals surface area contributed by atoms with Gasteiger partial charge in [-0.2, -0.15) is 0 Å². The summed E-state index contributed by atoms with van der Waals surface area (Å²) in [6.45, 7) is 2.36. The number of hydrogen-bond acceptors (Lipinski definition) is 3. The number of carbonyl (C=O) groups is 1. The predicted octanol–water partition coefficient (Wildman–Crippen LogP) is 1.59. The first kappa shape index (κ1) is 13.6. The Kier molecular flexibility index (Phi) is 8.89. The standard InChI is InChI=1S/C11H24N2O/c1-10(14)11(13)8-6-4-2-3-5-7-9-12/h11H,2-9,12-13H2,1H3/t11-/m0/s1. The fourth-order valence-corrected chi connectivity index (χ4v) is 1.42. The molecule has 0 aliphatic heterocycles. The van der Waals surface area contributed by atoms with E-state index in [1.165, 1.54) is 25.7 Å². The summed E-state index contributed by atoms with van der Waals surface area (Å²) < 4.78 is 0. The summed E-state index contributed by atoms with van der Waals surface area (Å²) in [6.07, 6.45) is 7.96. The second-order valence-electron chi connectivity index (χ2n) is 3.92. The van der Waals surface area contributed by atoms with Crippen molar-refractivity contribution in [1.29, 1.82) is 0 Å². The molecule has 0 amide bonds. The molecule has 0 fully saturated rings. The average Bonchev–Trinajstić information content (AvgIpc) is 2.16. The number of hydrogen-bond donors (Lipinski definition) is 2. The Morgan fingerprint density at radius 2 is 1.57 bits per heavy atom. The van der Waals surface area contributed by atoms with Crippen LogP contribution in [0.2, 0.25) is 0 Å². The molecule has 0 bridgehead atoms. The van der Waals surface area contributed by atoms with Crippen LogP contribution < -0.4 is 11.5 Å². The third-order valence-electron chi connectivity index (χ3n) is 2.49. The van der Waals surface area contributed by atoms with Gasteiger partial charge in [0.2, 0.25) is 0 Å². The number of Topliss-reactive ketones (excluding diaryl/α,β-unsaturated/α-hetero) is 1. The highest BCUT2D eigenvalue weighted by atomic mass is 16.1. The molecule has 0 saturated heterocycles. The van der Waals surface area contributed by atoms with Crippen molar-refractivity contribution < 1.29 is 4.79 Å². The van der Waals surface area contributed by atoms with Gasteiger partial charge in [0.15, 0.2) is 0 Å². The quantitative estimate of drug-likeness (QED) is 0.555. The molecule has 0 saturated carbocycles. The first-order valence-corrected chi connectivity index (χ1v) is 5.64. The van der Waals surface area contributed by atoms with Gasteiger partial charge in [-0.05, 0) is 26.3 Å². The van der Waals surface area contributed by atoms with Crippen LogP contribution in [-0.4, -0.2) is 18.4 Å². The van der Waals surface area contributed by atoms with Crippen molar-refractivity contribution in [2.45, 2.75) is 57.9 Å². The smallest absolute Gasteiger partial charge is 0.146 e. The summed E-state index contributed by atoms with van der Waals surface area (Å²) in [4.78, 5) is 10.8. The van der Waals surface area contributed by atoms with Crippen molar-refractivity contribution in [2.24, 2.45) is 11.5 Å². The molecule has 0 heterocycles. The van der Waals surface area contributed by atoms with Crippen LogP contribution in [0.15, 0.2) is 0 Å². The largest absolute Gasteiger partial charge is 0.330 e. The second kappa shape index (κ2) is 9.16. The van der Waals surface area contributed by atoms with E-state index >= 15 is 0 Å². The van der Waals surface area contributed by atoms with Gasteiger partial charge in [-0.1, -0.05) is 32.1 Å². The van der Waals surface area contributed by atoms with Crippen molar-refractivity contribution in [3.05, 3.63) is 0 Å². The van der Waals surface area contributed by atoms with Crippen LogP contribution in [-0.2, 0) is 4.79 Å². The van der Waals surface area contributed by atoms with Gasteiger partial charge in [0, 0.05) is 0 Å². The Bertz CT molecular complexity index is 148. The van der Waals surface area contributed by atoms with Gasteiger partial charge in [-0.15, -0.1) is 0 Å². The van der Waals surface area contributed by atoms with Crippen LogP contribution in [0, 0.1) is 0 Å². The highest BCUT2D eigenvalue weighted by molar-refractivity contribution is 5.80. The molecule has 0 aliphatic rings. The van der Waals surface area contributed by atoms with Gasteiger partial charge in [-0.25, -0.2) is 0 Å². The topological polar surface area (TPSA) is 69.1 Å². The molecule has 4 N–H and O–H groups in total. The summed E-state index contributed by atoms with van der Waals surface area (Å²) in [5.74, 6) is 0.105. The highest BCUT2D eigenvalue weighted by Crippen LogP contribution is 2.07. The molecule has 3 heteroatoms. The number of ketones is 1. The molecular formula is C11H24N2O. The van der Waals surface area contributed by atoms with E-state index in [1.54, 1.807) is 6.92 Å². The lowest BCUT2D eigenvalue weighted by molar-refractivity contribution is -0.118. The number of unbranched alkanes of at least 4 members (excludes halogenated alkanes) is 5. The molecule has 0 aromatic heterocycles. The molecule has 14 heavy (non-hydrogen) atoms. The van der Waals surface area contributed by atoms with Gasteiger partial charge < -0.3 is 11.5 Å². The molecule has 0 rings (SSSR count). The van der Waals surface area contributed by atoms with E-state index in [4.69, 9.17) is 11.5 Å². The van der Waals surface area contributed by atoms with Crippen LogP contribution in [0.4, 0.5) is 0 Å². The molecule has 0 aromatic carbocycles. The fraction of sp³-hybridized carbons (Fsp3) is 0.909. The Morgan fingerprint density at radius 3 is 2.07 bits per heavy atom. The van der Waals surface area contributed by atoms with E-state index in [2.05, 4.69) is 0 Å². The number of carbonyl (C=O) groups excluding carboxylic acids is 1. The third-order valence-corrected chi connectivity index (χ3v) is 2.49. The van der Waals surface area contributed by atoms with Crippen LogP contribution >= 0.6 is 0 Å². The maximum Gasteiger partial charge on any atom is 0.146 e. The van der Waals surface area contributed by atoms with Crippen LogP contribution in [0.5, 0.6) is 0 Å². The number of nitrogens with two attached hydrogens (primary N) is 2. The van der Waals surface area contributed by atoms with E-state index in [9.17, 15) is 4.79 Å². The molecule has 0 radical (unpaired) electrons. The van der Waals surface area contributed by atoms with Crippen molar-refractivity contribution in [2.75, 3.05) is 6.54 Å².